The average molecular weight is 343 g/mol. The maximum atomic E-state index is 12.4. The molecule has 7 heteroatoms. The molecule has 1 unspecified atom stereocenters. The van der Waals surface area contributed by atoms with Gasteiger partial charge in [-0.25, -0.2) is 9.67 Å². The Labute approximate surface area is 122 Å². The van der Waals surface area contributed by atoms with E-state index in [4.69, 9.17) is 5.73 Å². The lowest BCUT2D eigenvalue weighted by atomic mass is 10.3. The Bertz CT molecular complexity index is 599. The first kappa shape index (κ1) is 14.2. The smallest absolute Gasteiger partial charge is 0.139 e. The number of nitrogens with two attached hydrogens (primary N) is 1. The van der Waals surface area contributed by atoms with Gasteiger partial charge in [-0.05, 0) is 24.6 Å². The summed E-state index contributed by atoms with van der Waals surface area (Å²) < 4.78 is 15.0. The van der Waals surface area contributed by atoms with Gasteiger partial charge in [-0.1, -0.05) is 22.9 Å². The van der Waals surface area contributed by atoms with Gasteiger partial charge in [-0.3, -0.25) is 4.21 Å². The molecule has 19 heavy (non-hydrogen) atoms. The van der Waals surface area contributed by atoms with Gasteiger partial charge in [0.2, 0.25) is 0 Å². The molecule has 1 aromatic heterocycles. The fourth-order valence-corrected chi connectivity index (χ4v) is 3.41. The van der Waals surface area contributed by atoms with Crippen molar-refractivity contribution in [1.29, 1.82) is 0 Å². The minimum atomic E-state index is -1.23. The van der Waals surface area contributed by atoms with Crippen LogP contribution < -0.4 is 5.73 Å². The van der Waals surface area contributed by atoms with Gasteiger partial charge in [-0.2, -0.15) is 5.10 Å². The second-order valence-corrected chi connectivity index (χ2v) is 6.41. The van der Waals surface area contributed by atoms with Gasteiger partial charge >= 0.3 is 0 Å². The maximum Gasteiger partial charge on any atom is 0.139 e. The maximum absolute atomic E-state index is 12.4. The van der Waals surface area contributed by atoms with Crippen molar-refractivity contribution in [2.45, 2.75) is 30.5 Å². The minimum absolute atomic E-state index is 0.320. The lowest BCUT2D eigenvalue weighted by Crippen LogP contribution is -2.09. The van der Waals surface area contributed by atoms with Crippen LogP contribution in [0.3, 0.4) is 0 Å². The largest absolute Gasteiger partial charge is 0.398 e. The highest BCUT2D eigenvalue weighted by molar-refractivity contribution is 9.10. The van der Waals surface area contributed by atoms with Crippen molar-refractivity contribution >= 4 is 32.4 Å². The van der Waals surface area contributed by atoms with E-state index >= 15 is 0 Å². The summed E-state index contributed by atoms with van der Waals surface area (Å²) in [4.78, 5) is 4.78. The zero-order valence-electron chi connectivity index (χ0n) is 10.5. The molecule has 2 N–H and O–H groups in total. The molecule has 2 rings (SSSR count). The van der Waals surface area contributed by atoms with Crippen molar-refractivity contribution in [3.63, 3.8) is 0 Å². The lowest BCUT2D eigenvalue weighted by Gasteiger charge is -2.07. The fourth-order valence-electron chi connectivity index (χ4n) is 1.70. The van der Waals surface area contributed by atoms with E-state index in [2.05, 4.69) is 32.9 Å². The number of nitrogens with zero attached hydrogens (tertiary/aromatic N) is 3. The lowest BCUT2D eigenvalue weighted by molar-refractivity contribution is 0.579. The van der Waals surface area contributed by atoms with E-state index in [9.17, 15) is 4.21 Å². The molecule has 0 amide bonds. The van der Waals surface area contributed by atoms with Gasteiger partial charge in [-0.15, -0.1) is 0 Å². The average Bonchev–Trinajstić information content (AvgIpc) is 2.80. The van der Waals surface area contributed by atoms with E-state index in [1.807, 2.05) is 6.07 Å². The summed E-state index contributed by atoms with van der Waals surface area (Å²) in [5, 5.41) is 4.12. The van der Waals surface area contributed by atoms with Gasteiger partial charge < -0.3 is 5.73 Å². The number of nitrogen functional groups attached to an aromatic ring is 1. The number of anilines is 1. The molecular weight excluding hydrogens is 328 g/mol. The quantitative estimate of drug-likeness (QED) is 0.846. The van der Waals surface area contributed by atoms with Crippen LogP contribution in [0.25, 0.3) is 0 Å². The number of hydrogen-bond acceptors (Lipinski definition) is 4. The minimum Gasteiger partial charge on any atom is -0.398 e. The molecule has 0 aliphatic heterocycles. The number of hydrogen-bond donors (Lipinski definition) is 1. The molecule has 0 aliphatic rings. The first-order valence-electron chi connectivity index (χ1n) is 5.92. The summed E-state index contributed by atoms with van der Waals surface area (Å²) >= 11 is 3.36. The first-order valence-corrected chi connectivity index (χ1v) is 8.03. The second-order valence-electron chi connectivity index (χ2n) is 4.07. The van der Waals surface area contributed by atoms with Gasteiger partial charge in [0.25, 0.3) is 0 Å². The Morgan fingerprint density at radius 2 is 2.26 bits per heavy atom. The Morgan fingerprint density at radius 1 is 1.47 bits per heavy atom. The van der Waals surface area contributed by atoms with Gasteiger partial charge in [0.1, 0.15) is 12.2 Å². The standard InChI is InChI=1S/C12H15BrN4OS/c1-2-5-17-12(15-8-16-17)7-19(18)11-6-9(13)3-4-10(11)14/h3-4,6,8H,2,5,7,14H2,1H3. The predicted molar refractivity (Wildman–Crippen MR) is 79.0 cm³/mol. The SMILES string of the molecule is CCCn1ncnc1CS(=O)c1cc(Br)ccc1N. The van der Waals surface area contributed by atoms with E-state index in [0.717, 1.165) is 23.3 Å². The topological polar surface area (TPSA) is 73.8 Å². The van der Waals surface area contributed by atoms with Crippen molar-refractivity contribution in [3.8, 4) is 0 Å². The fraction of sp³-hybridized carbons (Fsp3) is 0.333. The Morgan fingerprint density at radius 3 is 3.00 bits per heavy atom. The molecule has 5 nitrogen and oxygen atoms in total. The predicted octanol–water partition coefficient (Wildman–Crippen LogP) is 2.34. The summed E-state index contributed by atoms with van der Waals surface area (Å²) in [5.74, 6) is 1.04. The number of benzene rings is 1. The molecular formula is C12H15BrN4OS. The van der Waals surface area contributed by atoms with Crippen LogP contribution in [0.4, 0.5) is 5.69 Å². The summed E-state index contributed by atoms with van der Waals surface area (Å²) in [5.41, 5.74) is 6.39. The van der Waals surface area contributed by atoms with E-state index < -0.39 is 10.8 Å². The van der Waals surface area contributed by atoms with Crippen LogP contribution >= 0.6 is 15.9 Å². The van der Waals surface area contributed by atoms with Crippen molar-refractivity contribution in [2.24, 2.45) is 0 Å². The molecule has 1 atom stereocenters. The molecule has 0 spiro atoms. The zero-order chi connectivity index (χ0) is 13.8. The van der Waals surface area contributed by atoms with Crippen LogP contribution in [0, 0.1) is 0 Å². The van der Waals surface area contributed by atoms with Crippen LogP contribution in [0.5, 0.6) is 0 Å². The third-order valence-electron chi connectivity index (χ3n) is 2.61. The molecule has 1 heterocycles. The highest BCUT2D eigenvalue weighted by Crippen LogP contribution is 2.23. The molecule has 0 saturated heterocycles. The number of aryl methyl sites for hydroxylation is 1. The molecule has 2 aromatic rings. The molecule has 0 saturated carbocycles. The molecule has 0 bridgehead atoms. The first-order chi connectivity index (χ1) is 9.11. The van der Waals surface area contributed by atoms with Crippen molar-refractivity contribution in [3.05, 3.63) is 34.8 Å². The van der Waals surface area contributed by atoms with E-state index in [1.165, 1.54) is 6.33 Å². The molecule has 0 fully saturated rings. The highest BCUT2D eigenvalue weighted by atomic mass is 79.9. The van der Waals surface area contributed by atoms with Crippen LogP contribution in [-0.2, 0) is 23.1 Å². The van der Waals surface area contributed by atoms with Gasteiger partial charge in [0.05, 0.1) is 21.4 Å². The molecule has 1 aromatic carbocycles. The number of halogens is 1. The van der Waals surface area contributed by atoms with Crippen molar-refractivity contribution in [2.75, 3.05) is 5.73 Å². The monoisotopic (exact) mass is 342 g/mol. The van der Waals surface area contributed by atoms with Crippen LogP contribution in [0.2, 0.25) is 0 Å². The van der Waals surface area contributed by atoms with Crippen LogP contribution in [-0.4, -0.2) is 19.0 Å². The van der Waals surface area contributed by atoms with E-state index in [0.29, 0.717) is 16.3 Å². The molecule has 102 valence electrons. The molecule has 0 radical (unpaired) electrons. The third kappa shape index (κ3) is 3.42. The summed E-state index contributed by atoms with van der Waals surface area (Å²) in [7, 11) is -1.23. The van der Waals surface area contributed by atoms with Crippen LogP contribution in [0.15, 0.2) is 33.9 Å². The summed E-state index contributed by atoms with van der Waals surface area (Å²) in [6, 6.07) is 5.36. The van der Waals surface area contributed by atoms with Gasteiger partial charge in [0.15, 0.2) is 0 Å². The third-order valence-corrected chi connectivity index (χ3v) is 4.47. The Hall–Kier alpha value is -1.21. The van der Waals surface area contributed by atoms with Crippen LogP contribution in [0.1, 0.15) is 19.2 Å². The van der Waals surface area contributed by atoms with E-state index in [-0.39, 0.29) is 0 Å². The summed E-state index contributed by atoms with van der Waals surface area (Å²) in [6.07, 6.45) is 2.45. The number of aromatic nitrogens is 3. The van der Waals surface area contributed by atoms with E-state index in [1.54, 1.807) is 16.8 Å². The van der Waals surface area contributed by atoms with Crippen molar-refractivity contribution < 1.29 is 4.21 Å². The Balaban J connectivity index is 2.21. The van der Waals surface area contributed by atoms with Crippen molar-refractivity contribution in [1.82, 2.24) is 14.8 Å². The highest BCUT2D eigenvalue weighted by Gasteiger charge is 2.13. The zero-order valence-corrected chi connectivity index (χ0v) is 12.9. The Kier molecular flexibility index (Phi) is 4.71. The number of rotatable bonds is 5. The molecule has 0 aliphatic carbocycles. The van der Waals surface area contributed by atoms with Gasteiger partial charge in [0, 0.05) is 16.7 Å². The summed E-state index contributed by atoms with van der Waals surface area (Å²) in [6.45, 7) is 2.84. The second kappa shape index (κ2) is 6.29. The normalized spacial score (nSPS) is 12.5.